The van der Waals surface area contributed by atoms with Crippen LogP contribution in [0.5, 0.6) is 0 Å². The van der Waals surface area contributed by atoms with Gasteiger partial charge in [-0.1, -0.05) is 44.2 Å². The lowest BCUT2D eigenvalue weighted by molar-refractivity contribution is 0.0990. The summed E-state index contributed by atoms with van der Waals surface area (Å²) < 4.78 is 0. The standard InChI is InChI=1S/C16H26N2O/c1-12-9-18(10-13(12)2)11-16(19)15(17)8-14-6-4-3-5-7-14/h3-7,12-13,15-16,19H,8-11,17H2,1-2H3. The monoisotopic (exact) mass is 262 g/mol. The van der Waals surface area contributed by atoms with Crippen molar-refractivity contribution in [2.75, 3.05) is 19.6 Å². The summed E-state index contributed by atoms with van der Waals surface area (Å²) in [5.41, 5.74) is 7.31. The molecule has 1 saturated heterocycles. The molecule has 1 aliphatic rings. The van der Waals surface area contributed by atoms with E-state index in [0.29, 0.717) is 6.54 Å². The first-order valence-electron chi connectivity index (χ1n) is 7.26. The van der Waals surface area contributed by atoms with E-state index in [2.05, 4.69) is 30.9 Å². The molecule has 1 aliphatic heterocycles. The van der Waals surface area contributed by atoms with Crippen LogP contribution in [0, 0.1) is 11.8 Å². The smallest absolute Gasteiger partial charge is 0.0820 e. The zero-order valence-electron chi connectivity index (χ0n) is 12.0. The maximum absolute atomic E-state index is 10.2. The lowest BCUT2D eigenvalue weighted by Gasteiger charge is -2.24. The van der Waals surface area contributed by atoms with Crippen LogP contribution in [0.2, 0.25) is 0 Å². The van der Waals surface area contributed by atoms with Crippen LogP contribution >= 0.6 is 0 Å². The van der Waals surface area contributed by atoms with E-state index in [1.165, 1.54) is 5.56 Å². The quantitative estimate of drug-likeness (QED) is 0.845. The highest BCUT2D eigenvalue weighted by Gasteiger charge is 2.28. The van der Waals surface area contributed by atoms with Crippen molar-refractivity contribution in [2.45, 2.75) is 32.4 Å². The molecule has 0 spiro atoms. The Kier molecular flexibility index (Phi) is 4.97. The van der Waals surface area contributed by atoms with Crippen LogP contribution < -0.4 is 5.73 Å². The van der Waals surface area contributed by atoms with E-state index in [9.17, 15) is 5.11 Å². The van der Waals surface area contributed by atoms with Crippen LogP contribution in [0.3, 0.4) is 0 Å². The van der Waals surface area contributed by atoms with Crippen LogP contribution in [-0.4, -0.2) is 41.8 Å². The van der Waals surface area contributed by atoms with E-state index in [1.807, 2.05) is 18.2 Å². The molecule has 0 amide bonds. The van der Waals surface area contributed by atoms with Crippen LogP contribution in [-0.2, 0) is 6.42 Å². The van der Waals surface area contributed by atoms with Gasteiger partial charge in [-0.2, -0.15) is 0 Å². The Morgan fingerprint density at radius 3 is 2.37 bits per heavy atom. The van der Waals surface area contributed by atoms with Gasteiger partial charge in [0.05, 0.1) is 6.10 Å². The summed E-state index contributed by atoms with van der Waals surface area (Å²) in [6, 6.07) is 9.96. The molecular weight excluding hydrogens is 236 g/mol. The predicted octanol–water partition coefficient (Wildman–Crippen LogP) is 1.51. The number of aliphatic hydroxyl groups is 1. The number of likely N-dealkylation sites (tertiary alicyclic amines) is 1. The fourth-order valence-electron chi connectivity index (χ4n) is 2.82. The number of nitrogens with zero attached hydrogens (tertiary/aromatic N) is 1. The lowest BCUT2D eigenvalue weighted by Crippen LogP contribution is -2.44. The second kappa shape index (κ2) is 6.51. The average molecular weight is 262 g/mol. The summed E-state index contributed by atoms with van der Waals surface area (Å²) in [6.45, 7) is 7.41. The van der Waals surface area contributed by atoms with Crippen molar-refractivity contribution in [1.82, 2.24) is 4.90 Å². The van der Waals surface area contributed by atoms with Gasteiger partial charge >= 0.3 is 0 Å². The van der Waals surface area contributed by atoms with Crippen LogP contribution in [0.1, 0.15) is 19.4 Å². The minimum absolute atomic E-state index is 0.186. The lowest BCUT2D eigenvalue weighted by atomic mass is 10.0. The van der Waals surface area contributed by atoms with Gasteiger partial charge in [-0.15, -0.1) is 0 Å². The fraction of sp³-hybridized carbons (Fsp3) is 0.625. The molecule has 3 heteroatoms. The Morgan fingerprint density at radius 1 is 1.21 bits per heavy atom. The molecule has 0 bridgehead atoms. The molecule has 1 aromatic rings. The first-order chi connectivity index (χ1) is 9.06. The molecule has 0 radical (unpaired) electrons. The number of β-amino-alcohol motifs (C(OH)–C–C–N with tert-alkyl or cyclic N) is 1. The van der Waals surface area contributed by atoms with Crippen LogP contribution in [0.25, 0.3) is 0 Å². The minimum Gasteiger partial charge on any atom is -0.390 e. The van der Waals surface area contributed by atoms with E-state index >= 15 is 0 Å². The summed E-state index contributed by atoms with van der Waals surface area (Å²) in [4.78, 5) is 2.34. The third kappa shape index (κ3) is 4.03. The average Bonchev–Trinajstić information content (AvgIpc) is 2.69. The van der Waals surface area contributed by atoms with Crippen molar-refractivity contribution in [3.63, 3.8) is 0 Å². The maximum atomic E-state index is 10.2. The Balaban J connectivity index is 1.81. The summed E-state index contributed by atoms with van der Waals surface area (Å²) in [7, 11) is 0. The van der Waals surface area contributed by atoms with Gasteiger partial charge in [0.15, 0.2) is 0 Å². The van der Waals surface area contributed by atoms with Crippen molar-refractivity contribution in [3.8, 4) is 0 Å². The number of benzene rings is 1. The number of hydrogen-bond donors (Lipinski definition) is 2. The van der Waals surface area contributed by atoms with Gasteiger partial charge in [-0.25, -0.2) is 0 Å². The van der Waals surface area contributed by atoms with Crippen molar-refractivity contribution in [1.29, 1.82) is 0 Å². The van der Waals surface area contributed by atoms with Gasteiger partial charge in [0.25, 0.3) is 0 Å². The molecule has 4 atom stereocenters. The summed E-state index contributed by atoms with van der Waals surface area (Å²) in [5.74, 6) is 1.44. The largest absolute Gasteiger partial charge is 0.390 e. The summed E-state index contributed by atoms with van der Waals surface area (Å²) in [6.07, 6.45) is 0.290. The topological polar surface area (TPSA) is 49.5 Å². The van der Waals surface area contributed by atoms with Crippen LogP contribution in [0.15, 0.2) is 30.3 Å². The molecule has 2 rings (SSSR count). The molecule has 0 aromatic heterocycles. The van der Waals surface area contributed by atoms with E-state index in [-0.39, 0.29) is 6.04 Å². The second-order valence-corrected chi connectivity index (χ2v) is 6.09. The van der Waals surface area contributed by atoms with Gasteiger partial charge in [0, 0.05) is 25.7 Å². The maximum Gasteiger partial charge on any atom is 0.0820 e. The van der Waals surface area contributed by atoms with E-state index in [0.717, 1.165) is 31.3 Å². The number of hydrogen-bond acceptors (Lipinski definition) is 3. The molecular formula is C16H26N2O. The number of rotatable bonds is 5. The Labute approximate surface area is 116 Å². The van der Waals surface area contributed by atoms with Gasteiger partial charge in [0.2, 0.25) is 0 Å². The highest BCUT2D eigenvalue weighted by molar-refractivity contribution is 5.16. The molecule has 0 saturated carbocycles. The van der Waals surface area contributed by atoms with Gasteiger partial charge in [-0.05, 0) is 23.8 Å². The highest BCUT2D eigenvalue weighted by Crippen LogP contribution is 2.22. The molecule has 0 aliphatic carbocycles. The summed E-state index contributed by atoms with van der Waals surface area (Å²) in [5, 5.41) is 10.2. The highest BCUT2D eigenvalue weighted by atomic mass is 16.3. The van der Waals surface area contributed by atoms with E-state index < -0.39 is 6.10 Å². The first-order valence-corrected chi connectivity index (χ1v) is 7.26. The van der Waals surface area contributed by atoms with Crippen molar-refractivity contribution in [2.24, 2.45) is 17.6 Å². The first kappa shape index (κ1) is 14.5. The molecule has 19 heavy (non-hydrogen) atoms. The molecule has 1 heterocycles. The van der Waals surface area contributed by atoms with Gasteiger partial charge < -0.3 is 15.7 Å². The Hall–Kier alpha value is -0.900. The van der Waals surface area contributed by atoms with Gasteiger partial charge in [0.1, 0.15) is 0 Å². The second-order valence-electron chi connectivity index (χ2n) is 6.09. The molecule has 3 N–H and O–H groups in total. The Bertz CT molecular complexity index is 372. The molecule has 106 valence electrons. The molecule has 4 unspecified atom stereocenters. The zero-order valence-corrected chi connectivity index (χ0v) is 12.0. The van der Waals surface area contributed by atoms with Gasteiger partial charge in [-0.3, -0.25) is 0 Å². The predicted molar refractivity (Wildman–Crippen MR) is 78.9 cm³/mol. The number of aliphatic hydroxyl groups excluding tert-OH is 1. The summed E-state index contributed by atoms with van der Waals surface area (Å²) >= 11 is 0. The zero-order chi connectivity index (χ0) is 13.8. The molecule has 1 aromatic carbocycles. The normalized spacial score (nSPS) is 27.4. The number of nitrogens with two attached hydrogens (primary N) is 1. The van der Waals surface area contributed by atoms with Crippen molar-refractivity contribution < 1.29 is 5.11 Å². The van der Waals surface area contributed by atoms with Crippen molar-refractivity contribution in [3.05, 3.63) is 35.9 Å². The molecule has 3 nitrogen and oxygen atoms in total. The SMILES string of the molecule is CC1CN(CC(O)C(N)Cc2ccccc2)CC1C. The van der Waals surface area contributed by atoms with E-state index in [4.69, 9.17) is 5.73 Å². The van der Waals surface area contributed by atoms with Crippen LogP contribution in [0.4, 0.5) is 0 Å². The third-order valence-corrected chi connectivity index (χ3v) is 4.32. The fourth-order valence-corrected chi connectivity index (χ4v) is 2.82. The Morgan fingerprint density at radius 2 is 1.79 bits per heavy atom. The molecule has 1 fully saturated rings. The third-order valence-electron chi connectivity index (χ3n) is 4.32. The minimum atomic E-state index is -0.447. The van der Waals surface area contributed by atoms with Crippen molar-refractivity contribution >= 4 is 0 Å². The van der Waals surface area contributed by atoms with E-state index in [1.54, 1.807) is 0 Å².